The van der Waals surface area contributed by atoms with Crippen LogP contribution in [0.3, 0.4) is 0 Å². The molecule has 2 aromatic carbocycles. The summed E-state index contributed by atoms with van der Waals surface area (Å²) in [5.74, 6) is 0.365. The van der Waals surface area contributed by atoms with Gasteiger partial charge in [-0.05, 0) is 75.1 Å². The van der Waals surface area contributed by atoms with Crippen LogP contribution in [-0.4, -0.2) is 27.1 Å². The summed E-state index contributed by atoms with van der Waals surface area (Å²) in [4.78, 5) is 3.55. The molecule has 144 valence electrons. The SMILES string of the molecule is COc1cc(C)c(C)cc1S(=O)(=O)NCCc1c(C)[nH]c2ccc(C)cc12. The number of methoxy groups -OCH3 is 1. The first-order valence-corrected chi connectivity index (χ1v) is 10.4. The van der Waals surface area contributed by atoms with E-state index in [0.29, 0.717) is 18.7 Å². The lowest BCUT2D eigenvalue weighted by Crippen LogP contribution is -2.26. The summed E-state index contributed by atoms with van der Waals surface area (Å²) < 4.78 is 33.6. The fourth-order valence-corrected chi connectivity index (χ4v) is 4.60. The Bertz CT molecular complexity index is 1100. The van der Waals surface area contributed by atoms with Crippen LogP contribution in [0.1, 0.15) is 27.9 Å². The lowest BCUT2D eigenvalue weighted by molar-refractivity contribution is 0.402. The Hall–Kier alpha value is -2.31. The molecule has 0 radical (unpaired) electrons. The van der Waals surface area contributed by atoms with Crippen molar-refractivity contribution >= 4 is 20.9 Å². The molecule has 2 N–H and O–H groups in total. The molecule has 0 saturated carbocycles. The van der Waals surface area contributed by atoms with Crippen LogP contribution in [0.15, 0.2) is 35.2 Å². The molecule has 0 aliphatic carbocycles. The smallest absolute Gasteiger partial charge is 0.244 e. The van der Waals surface area contributed by atoms with E-state index in [-0.39, 0.29) is 4.90 Å². The molecule has 27 heavy (non-hydrogen) atoms. The maximum absolute atomic E-state index is 12.8. The first-order valence-electron chi connectivity index (χ1n) is 8.95. The first kappa shape index (κ1) is 19.5. The zero-order valence-corrected chi connectivity index (χ0v) is 17.3. The Labute approximate surface area is 160 Å². The molecule has 0 amide bonds. The van der Waals surface area contributed by atoms with Crippen molar-refractivity contribution in [1.29, 1.82) is 0 Å². The highest BCUT2D eigenvalue weighted by atomic mass is 32.2. The van der Waals surface area contributed by atoms with Crippen molar-refractivity contribution in [3.05, 3.63) is 58.3 Å². The van der Waals surface area contributed by atoms with E-state index in [1.54, 1.807) is 12.1 Å². The number of H-pyrrole nitrogens is 1. The molecule has 3 rings (SSSR count). The predicted octanol–water partition coefficient (Wildman–Crippen LogP) is 3.93. The van der Waals surface area contributed by atoms with Crippen molar-refractivity contribution in [3.63, 3.8) is 0 Å². The zero-order valence-electron chi connectivity index (χ0n) is 16.4. The molecule has 6 heteroatoms. The molecule has 0 fully saturated rings. The molecule has 0 aliphatic heterocycles. The van der Waals surface area contributed by atoms with E-state index in [9.17, 15) is 8.42 Å². The average molecular weight is 387 g/mol. The second-order valence-electron chi connectivity index (χ2n) is 7.01. The molecule has 1 aromatic heterocycles. The van der Waals surface area contributed by atoms with Gasteiger partial charge in [0.25, 0.3) is 0 Å². The van der Waals surface area contributed by atoms with E-state index >= 15 is 0 Å². The number of hydrogen-bond donors (Lipinski definition) is 2. The number of sulfonamides is 1. The largest absolute Gasteiger partial charge is 0.495 e. The monoisotopic (exact) mass is 386 g/mol. The van der Waals surface area contributed by atoms with Crippen LogP contribution in [0, 0.1) is 27.7 Å². The third-order valence-corrected chi connectivity index (χ3v) is 6.49. The summed E-state index contributed by atoms with van der Waals surface area (Å²) in [7, 11) is -2.17. The summed E-state index contributed by atoms with van der Waals surface area (Å²) in [6, 6.07) is 9.68. The van der Waals surface area contributed by atoms with E-state index < -0.39 is 10.0 Å². The molecular weight excluding hydrogens is 360 g/mol. The molecule has 0 bridgehead atoms. The Kier molecular flexibility index (Phi) is 5.31. The highest BCUT2D eigenvalue weighted by Gasteiger charge is 2.20. The Balaban J connectivity index is 1.82. The van der Waals surface area contributed by atoms with Gasteiger partial charge in [-0.2, -0.15) is 0 Å². The summed E-state index contributed by atoms with van der Waals surface area (Å²) in [6.45, 7) is 8.22. The van der Waals surface area contributed by atoms with Gasteiger partial charge in [0, 0.05) is 23.1 Å². The van der Waals surface area contributed by atoms with Gasteiger partial charge in [0.05, 0.1) is 7.11 Å². The van der Waals surface area contributed by atoms with Gasteiger partial charge in [0.1, 0.15) is 10.6 Å². The maximum atomic E-state index is 12.8. The van der Waals surface area contributed by atoms with E-state index in [2.05, 4.69) is 34.8 Å². The second kappa shape index (κ2) is 7.37. The minimum atomic E-state index is -3.66. The molecule has 0 aliphatic rings. The number of aromatic nitrogens is 1. The van der Waals surface area contributed by atoms with Gasteiger partial charge in [0.2, 0.25) is 10.0 Å². The van der Waals surface area contributed by atoms with Crippen molar-refractivity contribution in [2.75, 3.05) is 13.7 Å². The van der Waals surface area contributed by atoms with Crippen LogP contribution in [0.4, 0.5) is 0 Å². The number of ether oxygens (including phenoxy) is 1. The quantitative estimate of drug-likeness (QED) is 0.674. The van der Waals surface area contributed by atoms with Gasteiger partial charge < -0.3 is 9.72 Å². The Morgan fingerprint density at radius 3 is 2.44 bits per heavy atom. The lowest BCUT2D eigenvalue weighted by Gasteiger charge is -2.13. The molecule has 0 unspecified atom stereocenters. The zero-order chi connectivity index (χ0) is 19.8. The second-order valence-corrected chi connectivity index (χ2v) is 8.75. The van der Waals surface area contributed by atoms with Crippen LogP contribution in [-0.2, 0) is 16.4 Å². The van der Waals surface area contributed by atoms with Crippen molar-refractivity contribution in [2.45, 2.75) is 39.0 Å². The summed E-state index contributed by atoms with van der Waals surface area (Å²) in [6.07, 6.45) is 0.613. The Morgan fingerprint density at radius 1 is 1.04 bits per heavy atom. The Morgan fingerprint density at radius 2 is 1.74 bits per heavy atom. The lowest BCUT2D eigenvalue weighted by atomic mass is 10.1. The van der Waals surface area contributed by atoms with Crippen molar-refractivity contribution in [1.82, 2.24) is 9.71 Å². The number of aromatic amines is 1. The normalized spacial score (nSPS) is 11.9. The summed E-state index contributed by atoms with van der Waals surface area (Å²) >= 11 is 0. The third-order valence-electron chi connectivity index (χ3n) is 5.01. The standard InChI is InChI=1S/C21H26N2O3S/c1-13-6-7-19-18(10-13)17(16(4)23-19)8-9-22-27(24,25)21-12-15(3)14(2)11-20(21)26-5/h6-7,10-12,22-23H,8-9H2,1-5H3. The third kappa shape index (κ3) is 3.87. The van der Waals surface area contributed by atoms with Gasteiger partial charge in [-0.3, -0.25) is 0 Å². The predicted molar refractivity (Wildman–Crippen MR) is 109 cm³/mol. The summed E-state index contributed by atoms with van der Waals surface area (Å²) in [5, 5.41) is 1.15. The number of hydrogen-bond acceptors (Lipinski definition) is 3. The number of nitrogens with one attached hydrogen (secondary N) is 2. The number of aryl methyl sites for hydroxylation is 4. The number of rotatable bonds is 6. The molecule has 0 saturated heterocycles. The molecule has 5 nitrogen and oxygen atoms in total. The fraction of sp³-hybridized carbons (Fsp3) is 0.333. The summed E-state index contributed by atoms with van der Waals surface area (Å²) in [5.41, 5.74) is 6.38. The van der Waals surface area contributed by atoms with Gasteiger partial charge in [-0.15, -0.1) is 0 Å². The highest BCUT2D eigenvalue weighted by molar-refractivity contribution is 7.89. The minimum absolute atomic E-state index is 0.180. The minimum Gasteiger partial charge on any atom is -0.495 e. The molecule has 0 spiro atoms. The van der Waals surface area contributed by atoms with Gasteiger partial charge in [0.15, 0.2) is 0 Å². The van der Waals surface area contributed by atoms with Crippen LogP contribution < -0.4 is 9.46 Å². The van der Waals surface area contributed by atoms with E-state index in [1.165, 1.54) is 12.7 Å². The number of benzene rings is 2. The van der Waals surface area contributed by atoms with Crippen molar-refractivity contribution < 1.29 is 13.2 Å². The maximum Gasteiger partial charge on any atom is 0.244 e. The highest BCUT2D eigenvalue weighted by Crippen LogP contribution is 2.27. The van der Waals surface area contributed by atoms with Gasteiger partial charge >= 0.3 is 0 Å². The van der Waals surface area contributed by atoms with Crippen LogP contribution in [0.5, 0.6) is 5.75 Å². The van der Waals surface area contributed by atoms with Gasteiger partial charge in [-0.1, -0.05) is 11.6 Å². The topological polar surface area (TPSA) is 71.2 Å². The van der Waals surface area contributed by atoms with E-state index in [0.717, 1.165) is 33.3 Å². The molecule has 0 atom stereocenters. The molecular formula is C21H26N2O3S. The van der Waals surface area contributed by atoms with Crippen LogP contribution in [0.25, 0.3) is 10.9 Å². The van der Waals surface area contributed by atoms with Crippen molar-refractivity contribution in [2.24, 2.45) is 0 Å². The number of fused-ring (bicyclic) bond motifs is 1. The van der Waals surface area contributed by atoms with Crippen LogP contribution >= 0.6 is 0 Å². The first-order chi connectivity index (χ1) is 12.7. The van der Waals surface area contributed by atoms with Crippen LogP contribution in [0.2, 0.25) is 0 Å². The molecule has 3 aromatic rings. The average Bonchev–Trinajstić information content (AvgIpc) is 2.92. The molecule has 1 heterocycles. The fourth-order valence-electron chi connectivity index (χ4n) is 3.34. The van der Waals surface area contributed by atoms with E-state index in [1.807, 2.05) is 20.8 Å². The van der Waals surface area contributed by atoms with E-state index in [4.69, 9.17) is 4.74 Å². The van der Waals surface area contributed by atoms with Crippen molar-refractivity contribution in [3.8, 4) is 5.75 Å². The van der Waals surface area contributed by atoms with Gasteiger partial charge in [-0.25, -0.2) is 13.1 Å².